The largest absolute Gasteiger partial charge is 0.497 e. The molecule has 0 bridgehead atoms. The third-order valence-electron chi connectivity index (χ3n) is 4.25. The Morgan fingerprint density at radius 1 is 1.12 bits per heavy atom. The molecule has 3 heterocycles. The zero-order valence-electron chi connectivity index (χ0n) is 14.7. The van der Waals surface area contributed by atoms with E-state index < -0.39 is 0 Å². The Hall–Kier alpha value is -3.41. The van der Waals surface area contributed by atoms with Crippen LogP contribution in [0.3, 0.4) is 0 Å². The van der Waals surface area contributed by atoms with Gasteiger partial charge in [-0.1, -0.05) is 12.1 Å². The summed E-state index contributed by atoms with van der Waals surface area (Å²) in [6, 6.07) is 13.8. The maximum absolute atomic E-state index is 5.30. The van der Waals surface area contributed by atoms with Gasteiger partial charge in [-0.05, 0) is 36.8 Å². The molecule has 4 aromatic rings. The number of nitrogens with one attached hydrogen (secondary N) is 1. The third-order valence-corrected chi connectivity index (χ3v) is 4.25. The minimum atomic E-state index is 0.551. The second-order valence-electron chi connectivity index (χ2n) is 6.04. The second kappa shape index (κ2) is 6.84. The molecule has 0 saturated heterocycles. The predicted octanol–water partition coefficient (Wildman–Crippen LogP) is 3.94. The van der Waals surface area contributed by atoms with Gasteiger partial charge >= 0.3 is 0 Å². The molecule has 0 unspecified atom stereocenters. The maximum Gasteiger partial charge on any atom is 0.229 e. The fraction of sp³-hybridized carbons (Fsp3) is 0.150. The van der Waals surface area contributed by atoms with Gasteiger partial charge in [0.1, 0.15) is 11.4 Å². The molecule has 0 aliphatic carbocycles. The van der Waals surface area contributed by atoms with E-state index in [0.717, 1.165) is 33.7 Å². The number of aryl methyl sites for hydroxylation is 1. The molecule has 0 fully saturated rings. The molecule has 4 rings (SSSR count). The van der Waals surface area contributed by atoms with E-state index in [9.17, 15) is 0 Å². The van der Waals surface area contributed by atoms with Gasteiger partial charge in [0.2, 0.25) is 5.95 Å². The van der Waals surface area contributed by atoms with Crippen molar-refractivity contribution >= 4 is 22.7 Å². The first-order valence-corrected chi connectivity index (χ1v) is 8.36. The van der Waals surface area contributed by atoms with Crippen LogP contribution in [0.25, 0.3) is 11.0 Å². The number of pyridine rings is 1. The number of rotatable bonds is 5. The number of hydrogen-bond donors (Lipinski definition) is 1. The van der Waals surface area contributed by atoms with Crippen LogP contribution in [0.4, 0.5) is 11.6 Å². The van der Waals surface area contributed by atoms with E-state index in [1.165, 1.54) is 0 Å². The SMILES string of the molecule is COc1ccc(C)c(Nc2ncc3ccn(Cc4ccccn4)c3n2)c1. The quantitative estimate of drug-likeness (QED) is 0.593. The van der Waals surface area contributed by atoms with Crippen LogP contribution in [-0.2, 0) is 6.54 Å². The summed E-state index contributed by atoms with van der Waals surface area (Å²) in [5, 5.41) is 4.28. The van der Waals surface area contributed by atoms with Gasteiger partial charge in [-0.2, -0.15) is 4.98 Å². The number of nitrogens with zero attached hydrogens (tertiary/aromatic N) is 4. The molecule has 0 aliphatic heterocycles. The van der Waals surface area contributed by atoms with E-state index in [-0.39, 0.29) is 0 Å². The van der Waals surface area contributed by atoms with Crippen molar-refractivity contribution in [3.05, 3.63) is 72.3 Å². The zero-order valence-corrected chi connectivity index (χ0v) is 14.7. The summed E-state index contributed by atoms with van der Waals surface area (Å²) in [6.07, 6.45) is 5.64. The molecule has 0 radical (unpaired) electrons. The number of anilines is 2. The van der Waals surface area contributed by atoms with Crippen molar-refractivity contribution in [1.29, 1.82) is 0 Å². The van der Waals surface area contributed by atoms with E-state index in [0.29, 0.717) is 12.5 Å². The highest BCUT2D eigenvalue weighted by Gasteiger charge is 2.08. The molecule has 6 heteroatoms. The highest BCUT2D eigenvalue weighted by atomic mass is 16.5. The Kier molecular flexibility index (Phi) is 4.23. The number of ether oxygens (including phenoxy) is 1. The Morgan fingerprint density at radius 2 is 2.04 bits per heavy atom. The number of methoxy groups -OCH3 is 1. The Morgan fingerprint density at radius 3 is 2.85 bits per heavy atom. The van der Waals surface area contributed by atoms with Gasteiger partial charge in [-0.15, -0.1) is 0 Å². The molecular weight excluding hydrogens is 326 g/mol. The van der Waals surface area contributed by atoms with Crippen LogP contribution in [0.1, 0.15) is 11.3 Å². The van der Waals surface area contributed by atoms with Crippen LogP contribution in [0, 0.1) is 6.92 Å². The van der Waals surface area contributed by atoms with Crippen molar-refractivity contribution in [2.24, 2.45) is 0 Å². The molecule has 130 valence electrons. The maximum atomic E-state index is 5.30. The minimum Gasteiger partial charge on any atom is -0.497 e. The molecule has 0 aliphatic rings. The molecule has 6 nitrogen and oxygen atoms in total. The molecule has 0 spiro atoms. The van der Waals surface area contributed by atoms with E-state index in [1.807, 2.05) is 61.8 Å². The highest BCUT2D eigenvalue weighted by Crippen LogP contribution is 2.25. The Bertz CT molecular complexity index is 1040. The highest BCUT2D eigenvalue weighted by molar-refractivity contribution is 5.77. The summed E-state index contributed by atoms with van der Waals surface area (Å²) in [5.74, 6) is 1.34. The Labute approximate surface area is 151 Å². The Balaban J connectivity index is 1.66. The molecular formula is C20H19N5O. The molecule has 0 saturated carbocycles. The summed E-state index contributed by atoms with van der Waals surface area (Å²) < 4.78 is 7.37. The molecule has 3 aromatic heterocycles. The van der Waals surface area contributed by atoms with Crippen LogP contribution < -0.4 is 10.1 Å². The smallest absolute Gasteiger partial charge is 0.229 e. The summed E-state index contributed by atoms with van der Waals surface area (Å²) in [4.78, 5) is 13.5. The number of aromatic nitrogens is 4. The lowest BCUT2D eigenvalue weighted by Crippen LogP contribution is -2.04. The summed E-state index contributed by atoms with van der Waals surface area (Å²) in [7, 11) is 1.65. The second-order valence-corrected chi connectivity index (χ2v) is 6.04. The van der Waals surface area contributed by atoms with Crippen molar-refractivity contribution < 1.29 is 4.74 Å². The van der Waals surface area contributed by atoms with Gasteiger partial charge in [0.05, 0.1) is 19.3 Å². The van der Waals surface area contributed by atoms with Crippen molar-refractivity contribution in [3.63, 3.8) is 0 Å². The topological polar surface area (TPSA) is 64.9 Å². The van der Waals surface area contributed by atoms with Gasteiger partial charge in [-0.3, -0.25) is 4.98 Å². The van der Waals surface area contributed by atoms with Crippen molar-refractivity contribution in [2.75, 3.05) is 12.4 Å². The standard InChI is InChI=1S/C20H19N5O/c1-14-6-7-17(26-2)11-18(14)23-20-22-12-15-8-10-25(19(15)24-20)13-16-5-3-4-9-21-16/h3-12H,13H2,1-2H3,(H,22,23,24). The third kappa shape index (κ3) is 3.21. The zero-order chi connectivity index (χ0) is 17.9. The number of benzene rings is 1. The molecule has 1 N–H and O–H groups in total. The van der Waals surface area contributed by atoms with E-state index in [1.54, 1.807) is 13.3 Å². The predicted molar refractivity (Wildman–Crippen MR) is 102 cm³/mol. The normalized spacial score (nSPS) is 10.8. The van der Waals surface area contributed by atoms with Crippen LogP contribution in [0.2, 0.25) is 0 Å². The lowest BCUT2D eigenvalue weighted by atomic mass is 10.2. The van der Waals surface area contributed by atoms with Gasteiger partial charge in [0.15, 0.2) is 0 Å². The van der Waals surface area contributed by atoms with Crippen LogP contribution >= 0.6 is 0 Å². The van der Waals surface area contributed by atoms with Crippen molar-refractivity contribution in [1.82, 2.24) is 19.5 Å². The van der Waals surface area contributed by atoms with Crippen LogP contribution in [-0.4, -0.2) is 26.6 Å². The summed E-state index contributed by atoms with van der Waals surface area (Å²) in [6.45, 7) is 2.70. The van der Waals surface area contributed by atoms with Gasteiger partial charge < -0.3 is 14.6 Å². The van der Waals surface area contributed by atoms with E-state index >= 15 is 0 Å². The van der Waals surface area contributed by atoms with E-state index in [4.69, 9.17) is 9.72 Å². The fourth-order valence-corrected chi connectivity index (χ4v) is 2.81. The fourth-order valence-electron chi connectivity index (χ4n) is 2.81. The van der Waals surface area contributed by atoms with Gasteiger partial charge in [-0.25, -0.2) is 4.98 Å². The van der Waals surface area contributed by atoms with Crippen molar-refractivity contribution in [3.8, 4) is 5.75 Å². The number of fused-ring (bicyclic) bond motifs is 1. The van der Waals surface area contributed by atoms with Gasteiger partial charge in [0, 0.05) is 35.7 Å². The average Bonchev–Trinajstić information content (AvgIpc) is 3.06. The van der Waals surface area contributed by atoms with E-state index in [2.05, 4.69) is 19.9 Å². The van der Waals surface area contributed by atoms with Crippen LogP contribution in [0.5, 0.6) is 5.75 Å². The number of hydrogen-bond acceptors (Lipinski definition) is 5. The van der Waals surface area contributed by atoms with Crippen molar-refractivity contribution in [2.45, 2.75) is 13.5 Å². The first kappa shape index (κ1) is 16.1. The van der Waals surface area contributed by atoms with Gasteiger partial charge in [0.25, 0.3) is 0 Å². The first-order chi connectivity index (χ1) is 12.7. The monoisotopic (exact) mass is 345 g/mol. The molecule has 26 heavy (non-hydrogen) atoms. The lowest BCUT2D eigenvalue weighted by molar-refractivity contribution is 0.415. The lowest BCUT2D eigenvalue weighted by Gasteiger charge is -2.10. The summed E-state index contributed by atoms with van der Waals surface area (Å²) >= 11 is 0. The first-order valence-electron chi connectivity index (χ1n) is 8.36. The minimum absolute atomic E-state index is 0.551. The van der Waals surface area contributed by atoms with Crippen LogP contribution in [0.15, 0.2) is 61.1 Å². The molecule has 0 atom stereocenters. The molecule has 1 aromatic carbocycles. The summed E-state index contributed by atoms with van der Waals surface area (Å²) in [5.41, 5.74) is 3.88. The average molecular weight is 345 g/mol. The molecule has 0 amide bonds.